The molecule has 0 N–H and O–H groups in total. The molecule has 3 aromatic rings. The molecule has 2 aliphatic rings. The second-order valence-electron chi connectivity index (χ2n) is 7.76. The molecule has 0 amide bonds. The van der Waals surface area contributed by atoms with Gasteiger partial charge >= 0.3 is 6.18 Å². The van der Waals surface area contributed by atoms with Gasteiger partial charge in [0.15, 0.2) is 20.7 Å². The quantitative estimate of drug-likeness (QED) is 0.543. The summed E-state index contributed by atoms with van der Waals surface area (Å²) in [4.78, 5) is 10.6. The number of aromatic nitrogens is 3. The lowest BCUT2D eigenvalue weighted by atomic mass is 10.1. The van der Waals surface area contributed by atoms with Gasteiger partial charge in [-0.2, -0.15) is 13.2 Å². The van der Waals surface area contributed by atoms with Crippen molar-refractivity contribution in [2.75, 3.05) is 10.7 Å². The molecule has 0 aromatic carbocycles. The van der Waals surface area contributed by atoms with E-state index in [1.165, 1.54) is 13.0 Å². The molecule has 3 aromatic heterocycles. The molecule has 6 nitrogen and oxygen atoms in total. The number of halogens is 3. The van der Waals surface area contributed by atoms with E-state index >= 15 is 0 Å². The molecule has 11 heteroatoms. The van der Waals surface area contributed by atoms with Crippen molar-refractivity contribution in [1.29, 1.82) is 0 Å². The molecule has 5 rings (SSSR count). The van der Waals surface area contributed by atoms with Crippen LogP contribution in [0.25, 0.3) is 5.65 Å². The molecule has 31 heavy (non-hydrogen) atoms. The maximum absolute atomic E-state index is 13.3. The lowest BCUT2D eigenvalue weighted by Crippen LogP contribution is -2.25. The number of imidazole rings is 1. The SMILES string of the molecule is CCS(=O)(=O)c1c(N2Cc3cnc(C4CC4)cc3C2=P)nc2ccc(C(F)(F)F)cn12. The summed E-state index contributed by atoms with van der Waals surface area (Å²) in [6, 6.07) is 4.07. The predicted octanol–water partition coefficient (Wildman–Crippen LogP) is 4.06. The Balaban J connectivity index is 1.67. The van der Waals surface area contributed by atoms with Crippen LogP contribution < -0.4 is 4.90 Å². The van der Waals surface area contributed by atoms with E-state index < -0.39 is 21.6 Å². The van der Waals surface area contributed by atoms with E-state index in [4.69, 9.17) is 0 Å². The molecule has 0 spiro atoms. The number of hydrogen-bond acceptors (Lipinski definition) is 4. The number of rotatable bonds is 4. The summed E-state index contributed by atoms with van der Waals surface area (Å²) in [6.45, 7) is 1.77. The van der Waals surface area contributed by atoms with Crippen molar-refractivity contribution in [3.05, 3.63) is 53.0 Å². The van der Waals surface area contributed by atoms with Crippen LogP contribution in [0.15, 0.2) is 35.6 Å². The van der Waals surface area contributed by atoms with Gasteiger partial charge in [-0.3, -0.25) is 9.38 Å². The van der Waals surface area contributed by atoms with Crippen LogP contribution in [0.5, 0.6) is 0 Å². The Labute approximate surface area is 178 Å². The molecule has 0 atom stereocenters. The summed E-state index contributed by atoms with van der Waals surface area (Å²) < 4.78 is 66.7. The number of fused-ring (bicyclic) bond motifs is 2. The summed E-state index contributed by atoms with van der Waals surface area (Å²) in [5, 5.41) is -0.255. The van der Waals surface area contributed by atoms with Crippen molar-refractivity contribution < 1.29 is 21.6 Å². The third-order valence-electron chi connectivity index (χ3n) is 5.67. The van der Waals surface area contributed by atoms with Crippen molar-refractivity contribution in [1.82, 2.24) is 14.4 Å². The van der Waals surface area contributed by atoms with E-state index in [2.05, 4.69) is 18.8 Å². The monoisotopic (exact) mass is 466 g/mol. The summed E-state index contributed by atoms with van der Waals surface area (Å²) in [5.74, 6) is 0.274. The van der Waals surface area contributed by atoms with Crippen molar-refractivity contribution in [3.8, 4) is 0 Å². The second-order valence-corrected chi connectivity index (χ2v) is 10.4. The first kappa shape index (κ1) is 20.5. The average Bonchev–Trinajstić information content (AvgIpc) is 3.42. The maximum Gasteiger partial charge on any atom is 0.417 e. The molecular formula is C20H18F3N4O2PS. The second kappa shape index (κ2) is 6.77. The molecule has 0 bridgehead atoms. The van der Waals surface area contributed by atoms with Gasteiger partial charge in [0, 0.05) is 29.6 Å². The van der Waals surface area contributed by atoms with Crippen molar-refractivity contribution in [2.45, 2.75) is 43.4 Å². The summed E-state index contributed by atoms with van der Waals surface area (Å²) in [7, 11) is -0.270. The zero-order valence-electron chi connectivity index (χ0n) is 16.4. The van der Waals surface area contributed by atoms with Gasteiger partial charge in [0.2, 0.25) is 0 Å². The van der Waals surface area contributed by atoms with Crippen molar-refractivity contribution >= 4 is 35.6 Å². The molecular weight excluding hydrogens is 448 g/mol. The van der Waals surface area contributed by atoms with Crippen LogP contribution in [-0.4, -0.2) is 34.0 Å². The molecule has 1 saturated carbocycles. The van der Waals surface area contributed by atoms with E-state index in [1.807, 2.05) is 6.07 Å². The van der Waals surface area contributed by atoms with Crippen molar-refractivity contribution in [3.63, 3.8) is 0 Å². The maximum atomic E-state index is 13.3. The number of nitrogens with zero attached hydrogens (tertiary/aromatic N) is 4. The van der Waals surface area contributed by atoms with Gasteiger partial charge in [0.05, 0.1) is 23.3 Å². The van der Waals surface area contributed by atoms with Crippen LogP contribution in [0.1, 0.15) is 48.1 Å². The number of pyridine rings is 2. The van der Waals surface area contributed by atoms with E-state index in [-0.39, 0.29) is 22.2 Å². The van der Waals surface area contributed by atoms with Gasteiger partial charge in [0.25, 0.3) is 0 Å². The number of anilines is 1. The van der Waals surface area contributed by atoms with Gasteiger partial charge in [-0.05, 0) is 36.6 Å². The molecule has 1 aliphatic heterocycles. The van der Waals surface area contributed by atoms with Crippen LogP contribution in [-0.2, 0) is 22.6 Å². The Morgan fingerprint density at radius 3 is 2.65 bits per heavy atom. The first-order valence-electron chi connectivity index (χ1n) is 9.77. The number of sulfone groups is 1. The predicted molar refractivity (Wildman–Crippen MR) is 113 cm³/mol. The molecule has 0 unspecified atom stereocenters. The van der Waals surface area contributed by atoms with Gasteiger partial charge in [0.1, 0.15) is 5.65 Å². The highest BCUT2D eigenvalue weighted by atomic mass is 32.2. The lowest BCUT2D eigenvalue weighted by molar-refractivity contribution is -0.137. The van der Waals surface area contributed by atoms with Crippen LogP contribution in [0, 0.1) is 0 Å². The molecule has 0 radical (unpaired) electrons. The molecule has 1 aliphatic carbocycles. The van der Waals surface area contributed by atoms with E-state index in [0.717, 1.165) is 46.3 Å². The van der Waals surface area contributed by atoms with Crippen molar-refractivity contribution in [2.24, 2.45) is 0 Å². The topological polar surface area (TPSA) is 67.6 Å². The minimum Gasteiger partial charge on any atom is -0.315 e. The Hall–Kier alpha value is -2.45. The Morgan fingerprint density at radius 1 is 1.26 bits per heavy atom. The summed E-state index contributed by atoms with van der Waals surface area (Å²) in [5.41, 5.74) is 2.57. The minimum absolute atomic E-state index is 0.0929. The van der Waals surface area contributed by atoms with Gasteiger partial charge < -0.3 is 4.90 Å². The van der Waals surface area contributed by atoms with Gasteiger partial charge in [-0.1, -0.05) is 15.8 Å². The van der Waals surface area contributed by atoms with Crippen LogP contribution in [0.3, 0.4) is 0 Å². The Kier molecular flexibility index (Phi) is 4.47. The third kappa shape index (κ3) is 3.32. The van der Waals surface area contributed by atoms with E-state index in [9.17, 15) is 21.6 Å². The molecule has 1 fully saturated rings. The molecule has 162 valence electrons. The average molecular weight is 466 g/mol. The van der Waals surface area contributed by atoms with Crippen LogP contribution in [0.2, 0.25) is 0 Å². The third-order valence-corrected chi connectivity index (χ3v) is 7.94. The lowest BCUT2D eigenvalue weighted by Gasteiger charge is -2.18. The van der Waals surface area contributed by atoms with Crippen LogP contribution >= 0.6 is 8.86 Å². The smallest absolute Gasteiger partial charge is 0.315 e. The first-order chi connectivity index (χ1) is 14.6. The highest BCUT2D eigenvalue weighted by Crippen LogP contribution is 2.41. The Bertz CT molecular complexity index is 1350. The van der Waals surface area contributed by atoms with Gasteiger partial charge in [-0.25, -0.2) is 13.4 Å². The first-order valence-corrected chi connectivity index (χ1v) is 11.9. The molecule has 4 heterocycles. The fourth-order valence-corrected chi connectivity index (χ4v) is 5.38. The largest absolute Gasteiger partial charge is 0.417 e. The highest BCUT2D eigenvalue weighted by molar-refractivity contribution is 7.91. The highest BCUT2D eigenvalue weighted by Gasteiger charge is 2.36. The fourth-order valence-electron chi connectivity index (χ4n) is 3.80. The fraction of sp³-hybridized carbons (Fsp3) is 0.350. The van der Waals surface area contributed by atoms with E-state index in [0.29, 0.717) is 17.9 Å². The zero-order chi connectivity index (χ0) is 22.1. The summed E-state index contributed by atoms with van der Waals surface area (Å²) in [6.07, 6.45) is 0.151. The number of hydrogen-bond donors (Lipinski definition) is 0. The minimum atomic E-state index is -4.60. The Morgan fingerprint density at radius 2 is 2.00 bits per heavy atom. The molecule has 0 saturated heterocycles. The van der Waals surface area contributed by atoms with Gasteiger partial charge in [-0.15, -0.1) is 0 Å². The zero-order valence-corrected chi connectivity index (χ0v) is 18.3. The summed E-state index contributed by atoms with van der Waals surface area (Å²) >= 11 is 0. The number of alkyl halides is 3. The standard InChI is InChI=1S/C20H18F3N4O2PS/c1-2-31(28,29)19-17(25-16-6-5-13(10-26(16)19)20(21,22)23)27-9-12-8-24-15(11-3-4-11)7-14(12)18(27)30/h5-8,10-11,30H,2-4,9H2,1H3. The van der Waals surface area contributed by atoms with E-state index in [1.54, 1.807) is 11.1 Å². The normalized spacial score (nSPS) is 16.9. The van der Waals surface area contributed by atoms with Crippen LogP contribution in [0.4, 0.5) is 19.0 Å².